The summed E-state index contributed by atoms with van der Waals surface area (Å²) in [4.78, 5) is 30.1. The molecule has 1 fully saturated rings. The van der Waals surface area contributed by atoms with Crippen LogP contribution in [0.15, 0.2) is 58.1 Å². The summed E-state index contributed by atoms with van der Waals surface area (Å²) in [6, 6.07) is 15.4. The number of anilines is 1. The molecule has 3 aromatic rings. The number of nitrogens with zero attached hydrogens (tertiary/aromatic N) is 5. The fourth-order valence-corrected chi connectivity index (χ4v) is 5.85. The summed E-state index contributed by atoms with van der Waals surface area (Å²) >= 11 is 0. The van der Waals surface area contributed by atoms with E-state index in [4.69, 9.17) is 9.47 Å². The molecule has 9 nitrogen and oxygen atoms in total. The Balaban J connectivity index is 1.34. The van der Waals surface area contributed by atoms with E-state index in [2.05, 4.69) is 34.5 Å². The van der Waals surface area contributed by atoms with Crippen molar-refractivity contribution in [3.05, 3.63) is 75.1 Å². The molecule has 1 aromatic heterocycles. The van der Waals surface area contributed by atoms with Crippen LogP contribution in [0.25, 0.3) is 11.1 Å². The molecule has 240 valence electrons. The van der Waals surface area contributed by atoms with Crippen LogP contribution < -0.4 is 20.9 Å². The van der Waals surface area contributed by atoms with Crippen molar-refractivity contribution in [2.75, 3.05) is 50.8 Å². The Morgan fingerprint density at radius 1 is 0.909 bits per heavy atom. The predicted octanol–water partition coefficient (Wildman–Crippen LogP) is 4.85. The van der Waals surface area contributed by atoms with Crippen LogP contribution in [0.3, 0.4) is 0 Å². The molecule has 2 heterocycles. The molecule has 13 heteroatoms. The van der Waals surface area contributed by atoms with Gasteiger partial charge in [-0.05, 0) is 31.5 Å². The van der Waals surface area contributed by atoms with Crippen molar-refractivity contribution in [2.45, 2.75) is 58.5 Å². The lowest BCUT2D eigenvalue weighted by Crippen LogP contribution is -2.47. The molecule has 0 bridgehead atoms. The predicted molar refractivity (Wildman–Crippen MR) is 168 cm³/mol. The average Bonchev–Trinajstić information content (AvgIpc) is 2.98. The van der Waals surface area contributed by atoms with Crippen LogP contribution in [0.1, 0.15) is 12.1 Å². The van der Waals surface area contributed by atoms with Gasteiger partial charge in [-0.25, -0.2) is 14.0 Å². The van der Waals surface area contributed by atoms with E-state index in [0.29, 0.717) is 25.1 Å². The number of para-hydroxylation sites is 2. The zero-order chi connectivity index (χ0) is 31.9. The summed E-state index contributed by atoms with van der Waals surface area (Å²) in [7, 11) is -1.29. The highest BCUT2D eigenvalue weighted by Crippen LogP contribution is 2.37. The number of alkyl halides is 3. The Bertz CT molecular complexity index is 1510. The molecular weight excluding hydrogens is 591 g/mol. The molecule has 44 heavy (non-hydrogen) atoms. The van der Waals surface area contributed by atoms with Crippen LogP contribution in [0, 0.1) is 6.92 Å². The summed E-state index contributed by atoms with van der Waals surface area (Å²) < 4.78 is 51.9. The topological polar surface area (TPSA) is 81.8 Å². The Kier molecular flexibility index (Phi) is 11.1. The van der Waals surface area contributed by atoms with Crippen molar-refractivity contribution in [1.29, 1.82) is 0 Å². The highest BCUT2D eigenvalue weighted by atomic mass is 28.3. The van der Waals surface area contributed by atoms with Gasteiger partial charge in [-0.1, -0.05) is 56.0 Å². The largest absolute Gasteiger partial charge is 0.483 e. The summed E-state index contributed by atoms with van der Waals surface area (Å²) in [6.45, 7) is 11.6. The van der Waals surface area contributed by atoms with Crippen LogP contribution in [0.2, 0.25) is 25.7 Å². The van der Waals surface area contributed by atoms with Crippen LogP contribution in [0.5, 0.6) is 5.75 Å². The number of hydrogen-bond acceptors (Lipinski definition) is 7. The molecule has 0 aliphatic carbocycles. The standard InChI is InChI=1S/C31H42F3N5O4Si/c1-24-29(40)38(23-42-20-21-44(2,3)4)30(41)39(35-24)15-9-14-36-16-18-37(19-17-36)27-12-7-5-10-25(27)26-11-6-8-13-28(26)43-22-31(32,33)34/h5-8,10-13H,9,14-23H2,1-4H3. The fraction of sp³-hybridized carbons (Fsp3) is 0.516. The van der Waals surface area contributed by atoms with Gasteiger partial charge in [-0.3, -0.25) is 9.69 Å². The minimum Gasteiger partial charge on any atom is -0.483 e. The molecule has 2 aromatic carbocycles. The van der Waals surface area contributed by atoms with Gasteiger partial charge in [0.1, 0.15) is 18.2 Å². The van der Waals surface area contributed by atoms with Crippen LogP contribution >= 0.6 is 0 Å². The Labute approximate surface area is 256 Å². The van der Waals surface area contributed by atoms with E-state index in [1.807, 2.05) is 24.3 Å². The third-order valence-electron chi connectivity index (χ3n) is 7.52. The van der Waals surface area contributed by atoms with E-state index in [1.165, 1.54) is 4.68 Å². The summed E-state index contributed by atoms with van der Waals surface area (Å²) in [5.74, 6) is 0.194. The number of piperazine rings is 1. The number of hydrogen-bond donors (Lipinski definition) is 0. The third-order valence-corrected chi connectivity index (χ3v) is 9.23. The van der Waals surface area contributed by atoms with Crippen molar-refractivity contribution in [1.82, 2.24) is 19.2 Å². The van der Waals surface area contributed by atoms with E-state index >= 15 is 0 Å². The molecular formula is C31H42F3N5O4Si. The molecule has 0 N–H and O–H groups in total. The Hall–Kier alpha value is -3.42. The monoisotopic (exact) mass is 633 g/mol. The maximum Gasteiger partial charge on any atom is 0.422 e. The van der Waals surface area contributed by atoms with Gasteiger partial charge in [0.2, 0.25) is 0 Å². The first kappa shape index (κ1) is 33.5. The first-order chi connectivity index (χ1) is 20.8. The number of halogens is 3. The maximum atomic E-state index is 13.0. The minimum atomic E-state index is -4.42. The van der Waals surface area contributed by atoms with Gasteiger partial charge < -0.3 is 14.4 Å². The number of benzene rings is 2. The van der Waals surface area contributed by atoms with Crippen molar-refractivity contribution in [2.24, 2.45) is 0 Å². The van der Waals surface area contributed by atoms with E-state index in [-0.39, 0.29) is 18.2 Å². The van der Waals surface area contributed by atoms with Gasteiger partial charge in [-0.15, -0.1) is 0 Å². The van der Waals surface area contributed by atoms with Crippen molar-refractivity contribution in [3.8, 4) is 16.9 Å². The highest BCUT2D eigenvalue weighted by Gasteiger charge is 2.29. The maximum absolute atomic E-state index is 13.0. The second-order valence-electron chi connectivity index (χ2n) is 12.3. The second-order valence-corrected chi connectivity index (χ2v) is 17.9. The lowest BCUT2D eigenvalue weighted by Gasteiger charge is -2.37. The van der Waals surface area contributed by atoms with E-state index in [1.54, 1.807) is 31.2 Å². The second kappa shape index (κ2) is 14.6. The molecule has 0 saturated carbocycles. The molecule has 0 radical (unpaired) electrons. The number of ether oxygens (including phenoxy) is 2. The molecule has 0 atom stereocenters. The number of aromatic nitrogens is 3. The van der Waals surface area contributed by atoms with Crippen molar-refractivity contribution < 1.29 is 22.6 Å². The molecule has 4 rings (SSSR count). The molecule has 1 aliphatic rings. The molecule has 0 amide bonds. The lowest BCUT2D eigenvalue weighted by atomic mass is 10.0. The fourth-order valence-electron chi connectivity index (χ4n) is 5.09. The van der Waals surface area contributed by atoms with Crippen molar-refractivity contribution in [3.63, 3.8) is 0 Å². The number of aryl methyl sites for hydroxylation is 2. The van der Waals surface area contributed by atoms with E-state index in [0.717, 1.165) is 54.6 Å². The average molecular weight is 634 g/mol. The van der Waals surface area contributed by atoms with Gasteiger partial charge >= 0.3 is 11.9 Å². The van der Waals surface area contributed by atoms with Crippen LogP contribution in [-0.4, -0.2) is 79.4 Å². The zero-order valence-electron chi connectivity index (χ0n) is 25.9. The minimum absolute atomic E-state index is 0.0755. The Morgan fingerprint density at radius 2 is 1.57 bits per heavy atom. The van der Waals surface area contributed by atoms with Gasteiger partial charge in [0.25, 0.3) is 5.56 Å². The zero-order valence-corrected chi connectivity index (χ0v) is 26.9. The third kappa shape index (κ3) is 9.29. The summed E-state index contributed by atoms with van der Waals surface area (Å²) in [6.07, 6.45) is -3.74. The first-order valence-electron chi connectivity index (χ1n) is 14.9. The van der Waals surface area contributed by atoms with E-state index < -0.39 is 32.1 Å². The van der Waals surface area contributed by atoms with Crippen LogP contribution in [0.4, 0.5) is 18.9 Å². The molecule has 0 unspecified atom stereocenters. The van der Waals surface area contributed by atoms with Gasteiger partial charge in [0.15, 0.2) is 6.61 Å². The van der Waals surface area contributed by atoms with Gasteiger partial charge in [-0.2, -0.15) is 18.3 Å². The normalized spacial score (nSPS) is 14.7. The quantitative estimate of drug-likeness (QED) is 0.197. The molecule has 1 aliphatic heterocycles. The van der Waals surface area contributed by atoms with Gasteiger partial charge in [0.05, 0.1) is 0 Å². The van der Waals surface area contributed by atoms with Crippen LogP contribution in [-0.2, 0) is 18.0 Å². The highest BCUT2D eigenvalue weighted by molar-refractivity contribution is 6.76. The first-order valence-corrected chi connectivity index (χ1v) is 18.6. The van der Waals surface area contributed by atoms with Gasteiger partial charge in [0, 0.05) is 70.8 Å². The smallest absolute Gasteiger partial charge is 0.422 e. The lowest BCUT2D eigenvalue weighted by molar-refractivity contribution is -0.153. The SMILES string of the molecule is Cc1nn(CCCN2CCN(c3ccccc3-c3ccccc3OCC(F)(F)F)CC2)c(=O)n(COCC[Si](C)(C)C)c1=O. The number of rotatable bonds is 13. The summed E-state index contributed by atoms with van der Waals surface area (Å²) in [5.41, 5.74) is 1.75. The molecule has 1 saturated heterocycles. The van der Waals surface area contributed by atoms with E-state index in [9.17, 15) is 22.8 Å². The molecule has 0 spiro atoms. The summed E-state index contributed by atoms with van der Waals surface area (Å²) in [5, 5.41) is 4.23. The Morgan fingerprint density at radius 3 is 2.25 bits per heavy atom. The van der Waals surface area contributed by atoms with Crippen molar-refractivity contribution >= 4 is 13.8 Å².